The molecule has 1 aromatic rings. The molecule has 2 aliphatic heterocycles. The second-order valence-electron chi connectivity index (χ2n) is 9.68. The molecule has 1 amide bonds. The van der Waals surface area contributed by atoms with Crippen LogP contribution in [0, 0.1) is 11.3 Å². The first-order valence-corrected chi connectivity index (χ1v) is 11.4. The quantitative estimate of drug-likeness (QED) is 0.662. The SMILES string of the molecule is CC(=O)C[C@H]1CC[C@H](N2CCC3(CCCN(c4ccc(C(F)(F)F)cc4)C3)C2=O)CC1. The van der Waals surface area contributed by atoms with E-state index in [1.807, 2.05) is 0 Å². The number of alkyl halides is 3. The highest BCUT2D eigenvalue weighted by atomic mass is 19.4. The minimum atomic E-state index is -4.34. The van der Waals surface area contributed by atoms with Crippen LogP contribution in [0.1, 0.15) is 63.9 Å². The number of carbonyl (C=O) groups is 2. The number of benzene rings is 1. The van der Waals surface area contributed by atoms with Crippen LogP contribution in [0.2, 0.25) is 0 Å². The third-order valence-corrected chi connectivity index (χ3v) is 7.52. The minimum Gasteiger partial charge on any atom is -0.370 e. The maximum atomic E-state index is 13.5. The number of hydrogen-bond donors (Lipinski definition) is 0. The van der Waals surface area contributed by atoms with Gasteiger partial charge >= 0.3 is 6.18 Å². The molecule has 2 saturated heterocycles. The van der Waals surface area contributed by atoms with Gasteiger partial charge in [0.2, 0.25) is 5.91 Å². The van der Waals surface area contributed by atoms with Gasteiger partial charge in [-0.05, 0) is 82.1 Å². The Hall–Kier alpha value is -2.05. The molecule has 1 aromatic carbocycles. The Morgan fingerprint density at radius 1 is 1.06 bits per heavy atom. The molecule has 1 spiro atoms. The predicted molar refractivity (Wildman–Crippen MR) is 113 cm³/mol. The topological polar surface area (TPSA) is 40.6 Å². The van der Waals surface area contributed by atoms with E-state index in [-0.39, 0.29) is 17.7 Å². The van der Waals surface area contributed by atoms with Crippen molar-refractivity contribution in [1.82, 2.24) is 4.90 Å². The van der Waals surface area contributed by atoms with Gasteiger partial charge in [-0.25, -0.2) is 0 Å². The number of carbonyl (C=O) groups excluding carboxylic acids is 2. The Bertz CT molecular complexity index is 815. The molecule has 3 aliphatic rings. The molecule has 31 heavy (non-hydrogen) atoms. The average molecular weight is 437 g/mol. The zero-order valence-electron chi connectivity index (χ0n) is 18.1. The number of ketones is 1. The third kappa shape index (κ3) is 4.60. The summed E-state index contributed by atoms with van der Waals surface area (Å²) < 4.78 is 38.6. The Balaban J connectivity index is 1.41. The van der Waals surface area contributed by atoms with Crippen molar-refractivity contribution < 1.29 is 22.8 Å². The second-order valence-corrected chi connectivity index (χ2v) is 9.68. The summed E-state index contributed by atoms with van der Waals surface area (Å²) in [4.78, 5) is 29.0. The lowest BCUT2D eigenvalue weighted by atomic mass is 9.78. The molecular weight excluding hydrogens is 405 g/mol. The average Bonchev–Trinajstić information content (AvgIpc) is 3.03. The van der Waals surface area contributed by atoms with Gasteiger partial charge in [-0.1, -0.05) is 0 Å². The van der Waals surface area contributed by atoms with E-state index in [2.05, 4.69) is 9.80 Å². The van der Waals surface area contributed by atoms with Crippen molar-refractivity contribution in [3.8, 4) is 0 Å². The molecule has 1 saturated carbocycles. The van der Waals surface area contributed by atoms with Gasteiger partial charge in [-0.15, -0.1) is 0 Å². The number of hydrogen-bond acceptors (Lipinski definition) is 3. The maximum absolute atomic E-state index is 13.5. The summed E-state index contributed by atoms with van der Waals surface area (Å²) in [6.07, 6.45) is 2.75. The van der Waals surface area contributed by atoms with Crippen LogP contribution in [-0.2, 0) is 15.8 Å². The molecule has 3 fully saturated rings. The molecular formula is C24H31F3N2O2. The highest BCUT2D eigenvalue weighted by Crippen LogP contribution is 2.44. The van der Waals surface area contributed by atoms with Crippen molar-refractivity contribution in [3.63, 3.8) is 0 Å². The monoisotopic (exact) mass is 436 g/mol. The van der Waals surface area contributed by atoms with Crippen LogP contribution >= 0.6 is 0 Å². The lowest BCUT2D eigenvalue weighted by Gasteiger charge is -2.41. The van der Waals surface area contributed by atoms with E-state index in [0.717, 1.165) is 75.9 Å². The number of rotatable bonds is 4. The van der Waals surface area contributed by atoms with Crippen molar-refractivity contribution in [1.29, 1.82) is 0 Å². The summed E-state index contributed by atoms with van der Waals surface area (Å²) in [5.41, 5.74) is -0.313. The van der Waals surface area contributed by atoms with E-state index in [0.29, 0.717) is 18.9 Å². The van der Waals surface area contributed by atoms with E-state index >= 15 is 0 Å². The molecule has 1 aliphatic carbocycles. The fraction of sp³-hybridized carbons (Fsp3) is 0.667. The molecule has 4 rings (SSSR count). The molecule has 0 radical (unpaired) electrons. The van der Waals surface area contributed by atoms with Gasteiger partial charge in [0, 0.05) is 37.8 Å². The number of halogens is 3. The molecule has 0 aromatic heterocycles. The highest BCUT2D eigenvalue weighted by molar-refractivity contribution is 5.86. The summed E-state index contributed by atoms with van der Waals surface area (Å²) in [7, 11) is 0. The Morgan fingerprint density at radius 2 is 1.74 bits per heavy atom. The minimum absolute atomic E-state index is 0.221. The van der Waals surface area contributed by atoms with Crippen LogP contribution in [0.3, 0.4) is 0 Å². The van der Waals surface area contributed by atoms with Crippen molar-refractivity contribution in [2.24, 2.45) is 11.3 Å². The summed E-state index contributed by atoms with van der Waals surface area (Å²) in [5.74, 6) is 0.912. The third-order valence-electron chi connectivity index (χ3n) is 7.52. The molecule has 170 valence electrons. The van der Waals surface area contributed by atoms with Crippen LogP contribution in [0.5, 0.6) is 0 Å². The number of anilines is 1. The van der Waals surface area contributed by atoms with Crippen molar-refractivity contribution in [2.75, 3.05) is 24.5 Å². The van der Waals surface area contributed by atoms with Crippen molar-refractivity contribution in [3.05, 3.63) is 29.8 Å². The van der Waals surface area contributed by atoms with Crippen LogP contribution < -0.4 is 4.90 Å². The zero-order valence-corrected chi connectivity index (χ0v) is 18.1. The Morgan fingerprint density at radius 3 is 2.35 bits per heavy atom. The van der Waals surface area contributed by atoms with Crippen molar-refractivity contribution in [2.45, 2.75) is 70.5 Å². The van der Waals surface area contributed by atoms with E-state index in [1.54, 1.807) is 6.92 Å². The molecule has 4 nitrogen and oxygen atoms in total. The number of nitrogens with zero attached hydrogens (tertiary/aromatic N) is 2. The number of amides is 1. The second kappa shape index (κ2) is 8.47. The zero-order chi connectivity index (χ0) is 22.2. The van der Waals surface area contributed by atoms with Crippen LogP contribution in [0.15, 0.2) is 24.3 Å². The molecule has 1 atom stereocenters. The van der Waals surface area contributed by atoms with Crippen LogP contribution in [0.25, 0.3) is 0 Å². The summed E-state index contributed by atoms with van der Waals surface area (Å²) >= 11 is 0. The lowest BCUT2D eigenvalue weighted by molar-refractivity contribution is -0.139. The number of likely N-dealkylation sites (tertiary alicyclic amines) is 1. The predicted octanol–water partition coefficient (Wildman–Crippen LogP) is 5.06. The van der Waals surface area contributed by atoms with Crippen LogP contribution in [-0.4, -0.2) is 42.3 Å². The van der Waals surface area contributed by atoms with Gasteiger partial charge < -0.3 is 14.6 Å². The number of piperidine rings is 1. The Kier molecular flexibility index (Phi) is 6.05. The van der Waals surface area contributed by atoms with Crippen molar-refractivity contribution >= 4 is 17.4 Å². The summed E-state index contributed by atoms with van der Waals surface area (Å²) in [5, 5.41) is 0. The molecule has 0 bridgehead atoms. The normalized spacial score (nSPS) is 29.6. The maximum Gasteiger partial charge on any atom is 0.416 e. The lowest BCUT2D eigenvalue weighted by Crippen LogP contribution is -2.50. The van der Waals surface area contributed by atoms with Gasteiger partial charge in [0.05, 0.1) is 11.0 Å². The molecule has 2 heterocycles. The smallest absolute Gasteiger partial charge is 0.370 e. The highest BCUT2D eigenvalue weighted by Gasteiger charge is 2.50. The van der Waals surface area contributed by atoms with Gasteiger partial charge in [-0.3, -0.25) is 4.79 Å². The fourth-order valence-electron chi connectivity index (χ4n) is 5.86. The molecule has 7 heteroatoms. The number of Topliss-reactive ketones (excluding diaryl/α,β-unsaturated/α-hetero) is 1. The largest absolute Gasteiger partial charge is 0.416 e. The van der Waals surface area contributed by atoms with Gasteiger partial charge in [0.25, 0.3) is 0 Å². The fourth-order valence-corrected chi connectivity index (χ4v) is 5.86. The summed E-state index contributed by atoms with van der Waals surface area (Å²) in [6, 6.07) is 5.55. The van der Waals surface area contributed by atoms with E-state index in [1.165, 1.54) is 12.1 Å². The van der Waals surface area contributed by atoms with Gasteiger partial charge in [0.15, 0.2) is 0 Å². The van der Waals surface area contributed by atoms with Gasteiger partial charge in [-0.2, -0.15) is 13.2 Å². The van der Waals surface area contributed by atoms with Crippen LogP contribution in [0.4, 0.5) is 18.9 Å². The Labute approximate surface area is 181 Å². The van der Waals surface area contributed by atoms with E-state index < -0.39 is 17.2 Å². The van der Waals surface area contributed by atoms with E-state index in [4.69, 9.17) is 0 Å². The first-order chi connectivity index (χ1) is 14.7. The first kappa shape index (κ1) is 22.2. The molecule has 0 N–H and O–H groups in total. The van der Waals surface area contributed by atoms with E-state index in [9.17, 15) is 22.8 Å². The molecule has 1 unspecified atom stereocenters. The van der Waals surface area contributed by atoms with Gasteiger partial charge in [0.1, 0.15) is 5.78 Å². The standard InChI is InChI=1S/C24H31F3N2O2/c1-17(30)15-18-3-7-21(8-4-18)29-14-12-23(22(29)31)11-2-13-28(16-23)20-9-5-19(6-10-20)24(25,26)27/h5-6,9-10,18,21H,2-4,7-8,11-16H2,1H3/t18-,21-,23?. The first-order valence-electron chi connectivity index (χ1n) is 11.4. The summed E-state index contributed by atoms with van der Waals surface area (Å²) in [6.45, 7) is 3.75.